The van der Waals surface area contributed by atoms with E-state index >= 15 is 0 Å². The van der Waals surface area contributed by atoms with Gasteiger partial charge in [-0.05, 0) is 72.2 Å². The second kappa shape index (κ2) is 30.6. The average molecular weight is 1320 g/mol. The highest BCUT2D eigenvalue weighted by Crippen LogP contribution is 2.55. The van der Waals surface area contributed by atoms with Crippen molar-refractivity contribution < 1.29 is 95.2 Å². The number of benzene rings is 2. The first-order valence-electron chi connectivity index (χ1n) is 27.7. The summed E-state index contributed by atoms with van der Waals surface area (Å²) in [6.07, 6.45) is -3.02. The number of hydrogen-bond donors (Lipinski definition) is 0. The van der Waals surface area contributed by atoms with E-state index < -0.39 is 109 Å². The largest absolute Gasteiger partial charge is 0.467 e. The van der Waals surface area contributed by atoms with Gasteiger partial charge >= 0.3 is 47.8 Å². The second-order valence-corrected chi connectivity index (χ2v) is 22.5. The Morgan fingerprint density at radius 1 is 0.529 bits per heavy atom. The van der Waals surface area contributed by atoms with E-state index in [0.29, 0.717) is 24.6 Å². The first-order valence-corrected chi connectivity index (χ1v) is 29.3. The second-order valence-electron chi connectivity index (χ2n) is 20.6. The quantitative estimate of drug-likeness (QED) is 0.0323. The van der Waals surface area contributed by atoms with Crippen LogP contribution in [0.25, 0.3) is 11.1 Å². The average Bonchev–Trinajstić information content (AvgIpc) is 1.64. The topological polar surface area (TPSA) is 309 Å². The molecule has 1 aliphatic carbocycles. The fourth-order valence-electron chi connectivity index (χ4n) is 11.1. The van der Waals surface area contributed by atoms with Gasteiger partial charge in [0.15, 0.2) is 61.3 Å². The Morgan fingerprint density at radius 3 is 1.42 bits per heavy atom. The zero-order valence-electron chi connectivity index (χ0n) is 48.4. The zero-order chi connectivity index (χ0) is 61.5. The highest BCUT2D eigenvalue weighted by molar-refractivity contribution is 9.10. The van der Waals surface area contributed by atoms with E-state index in [1.807, 2.05) is 0 Å². The van der Waals surface area contributed by atoms with Crippen LogP contribution in [-0.2, 0) is 114 Å². The van der Waals surface area contributed by atoms with Crippen LogP contribution in [0.1, 0.15) is 141 Å². The van der Waals surface area contributed by atoms with E-state index in [1.54, 1.807) is 0 Å². The summed E-state index contributed by atoms with van der Waals surface area (Å²) in [5.41, 5.74) is 5.57. The van der Waals surface area contributed by atoms with Gasteiger partial charge in [-0.25, -0.2) is 19.0 Å². The molecule has 4 aromatic rings. The number of halogens is 2. The molecule has 10 atom stereocenters. The highest BCUT2D eigenvalue weighted by atomic mass is 79.9. The van der Waals surface area contributed by atoms with E-state index in [0.717, 1.165) is 129 Å². The van der Waals surface area contributed by atoms with E-state index in [2.05, 4.69) is 88.9 Å². The Bertz CT molecular complexity index is 2980. The molecular weight excluding hydrogens is 1250 g/mol. The molecule has 0 amide bonds. The van der Waals surface area contributed by atoms with Gasteiger partial charge in [0.1, 0.15) is 5.69 Å². The van der Waals surface area contributed by atoms with E-state index in [4.69, 9.17) is 56.8 Å². The van der Waals surface area contributed by atoms with Crippen molar-refractivity contribution in [2.24, 2.45) is 0 Å². The molecule has 2 aromatic heterocycles. The minimum atomic E-state index is -1.60. The SMILES string of the molecule is COC(=O)C1OC(n2cc(COCCCCCCC3(CCCCCCOCc4cnnn4C4OC(C(=O)OC)C(OC(C)=O)C(OC(C)=O)C4OC(C)=O)c4cc(Br)ccc4-c4ccc(Br)cc43)nn2)C(OC(C)=O)C(OC(C)=O)C1OC(C)=O. The lowest BCUT2D eigenvalue weighted by molar-refractivity contribution is -0.265. The van der Waals surface area contributed by atoms with Crippen LogP contribution in [0.5, 0.6) is 0 Å². The maximum atomic E-state index is 13.0. The molecule has 26 nitrogen and oxygen atoms in total. The summed E-state index contributed by atoms with van der Waals surface area (Å²) in [7, 11) is 2.22. The third-order valence-corrected chi connectivity index (χ3v) is 15.5. The first kappa shape index (κ1) is 65.8. The molecule has 0 bridgehead atoms. The van der Waals surface area contributed by atoms with E-state index in [1.165, 1.54) is 44.0 Å². The number of aromatic nitrogens is 6. The van der Waals surface area contributed by atoms with Gasteiger partial charge in [-0.2, -0.15) is 0 Å². The Kier molecular flexibility index (Phi) is 23.7. The minimum absolute atomic E-state index is 0.00561. The maximum absolute atomic E-state index is 13.0. The van der Waals surface area contributed by atoms with Crippen LogP contribution >= 0.6 is 31.9 Å². The molecule has 2 aromatic carbocycles. The molecule has 0 radical (unpaired) electrons. The van der Waals surface area contributed by atoms with Gasteiger partial charge in [0, 0.05) is 69.1 Å². The van der Waals surface area contributed by atoms with Gasteiger partial charge in [0.2, 0.25) is 0 Å². The molecule has 2 saturated heterocycles. The van der Waals surface area contributed by atoms with Crippen molar-refractivity contribution in [2.45, 2.75) is 186 Å². The highest BCUT2D eigenvalue weighted by Gasteiger charge is 2.57. The molecule has 7 rings (SSSR count). The van der Waals surface area contributed by atoms with Crippen molar-refractivity contribution in [3.05, 3.63) is 80.3 Å². The number of carbonyl (C=O) groups excluding carboxylic acids is 8. The summed E-state index contributed by atoms with van der Waals surface area (Å²) in [5, 5.41) is 16.5. The van der Waals surface area contributed by atoms with Crippen LogP contribution in [-0.4, -0.2) is 154 Å². The number of fused-ring (bicyclic) bond motifs is 3. The van der Waals surface area contributed by atoms with Gasteiger partial charge in [0.25, 0.3) is 0 Å². The van der Waals surface area contributed by atoms with Crippen LogP contribution in [0, 0.1) is 0 Å². The summed E-state index contributed by atoms with van der Waals surface area (Å²) in [4.78, 5) is 99.5. The van der Waals surface area contributed by atoms with E-state index in [-0.39, 0.29) is 18.6 Å². The molecule has 2 fully saturated rings. The Morgan fingerprint density at radius 2 is 0.953 bits per heavy atom. The van der Waals surface area contributed by atoms with Crippen LogP contribution in [0.15, 0.2) is 57.7 Å². The lowest BCUT2D eigenvalue weighted by atomic mass is 9.70. The molecule has 28 heteroatoms. The van der Waals surface area contributed by atoms with Crippen molar-refractivity contribution in [2.75, 3.05) is 27.4 Å². The summed E-state index contributed by atoms with van der Waals surface area (Å²) in [5.74, 6) is -6.65. The van der Waals surface area contributed by atoms with Crippen molar-refractivity contribution in [3.63, 3.8) is 0 Å². The lowest BCUT2D eigenvalue weighted by Gasteiger charge is -2.43. The van der Waals surface area contributed by atoms with Gasteiger partial charge in [-0.1, -0.05) is 92.9 Å². The number of hydrogen-bond acceptors (Lipinski definition) is 24. The van der Waals surface area contributed by atoms with Crippen LogP contribution < -0.4 is 0 Å². The standard InChI is InChI=1S/C57H70Br2N6O20/c1-31(66)78-45-47(80-33(3)68)51(55(72)74-7)84-53(49(45)82-35(5)70)64-28-39(61-63-64)29-76-23-15-11-9-13-21-57(43-25-37(58)17-19-41(43)42-20-18-38(59)26-44(42)57)22-14-10-12-16-24-77-30-40-27-60-62-65(40)54-50(83-36(6)71)46(79-32(2)67)48(81-34(4)69)52(85-54)56(73)75-8/h17-20,25-28,45-54H,9-16,21-24,29-30H2,1-8H3. The zero-order valence-corrected chi connectivity index (χ0v) is 51.6. The molecule has 10 unspecified atom stereocenters. The predicted octanol–water partition coefficient (Wildman–Crippen LogP) is 6.73. The summed E-state index contributed by atoms with van der Waals surface area (Å²) in [6.45, 7) is 7.58. The van der Waals surface area contributed by atoms with E-state index in [9.17, 15) is 38.4 Å². The number of methoxy groups -OCH3 is 2. The van der Waals surface area contributed by atoms with Gasteiger partial charge in [-0.3, -0.25) is 28.8 Å². The fraction of sp³-hybridized carbons (Fsp3) is 0.579. The van der Waals surface area contributed by atoms with Crippen LogP contribution in [0.3, 0.4) is 0 Å². The molecule has 4 heterocycles. The van der Waals surface area contributed by atoms with Crippen molar-refractivity contribution in [1.29, 1.82) is 0 Å². The Labute approximate surface area is 507 Å². The van der Waals surface area contributed by atoms with Crippen LogP contribution in [0.2, 0.25) is 0 Å². The number of ether oxygens (including phenoxy) is 12. The number of unbranched alkanes of at least 4 members (excludes halogenated alkanes) is 6. The van der Waals surface area contributed by atoms with Crippen LogP contribution in [0.4, 0.5) is 0 Å². The van der Waals surface area contributed by atoms with Gasteiger partial charge in [0.05, 0.1) is 45.5 Å². The molecular formula is C57H70Br2N6O20. The molecule has 3 aliphatic rings. The predicted molar refractivity (Wildman–Crippen MR) is 299 cm³/mol. The Hall–Kier alpha value is -6.72. The van der Waals surface area contributed by atoms with Gasteiger partial charge < -0.3 is 56.8 Å². The van der Waals surface area contributed by atoms with Crippen molar-refractivity contribution >= 4 is 79.6 Å². The smallest absolute Gasteiger partial charge is 0.339 e. The lowest BCUT2D eigenvalue weighted by Crippen LogP contribution is -2.61. The summed E-state index contributed by atoms with van der Waals surface area (Å²) in [6, 6.07) is 13.0. The van der Waals surface area contributed by atoms with Gasteiger partial charge in [-0.15, -0.1) is 10.2 Å². The normalized spacial score (nSPS) is 22.9. The molecule has 0 spiro atoms. The molecule has 2 aliphatic heterocycles. The Balaban J connectivity index is 0.932. The number of carbonyl (C=O) groups is 8. The first-order chi connectivity index (χ1) is 40.7. The summed E-state index contributed by atoms with van der Waals surface area (Å²) >= 11 is 7.53. The third-order valence-electron chi connectivity index (χ3n) is 14.5. The van der Waals surface area contributed by atoms with Crippen molar-refractivity contribution in [1.82, 2.24) is 30.0 Å². The molecule has 0 saturated carbocycles. The third kappa shape index (κ3) is 16.6. The molecule has 462 valence electrons. The monoisotopic (exact) mass is 1320 g/mol. The number of esters is 8. The molecule has 0 N–H and O–H groups in total. The number of nitrogens with zero attached hydrogens (tertiary/aromatic N) is 6. The minimum Gasteiger partial charge on any atom is -0.467 e. The fourth-order valence-corrected chi connectivity index (χ4v) is 11.8. The van der Waals surface area contributed by atoms with Crippen molar-refractivity contribution in [3.8, 4) is 11.1 Å². The number of rotatable bonds is 28. The molecule has 85 heavy (non-hydrogen) atoms. The maximum Gasteiger partial charge on any atom is 0.339 e. The summed E-state index contributed by atoms with van der Waals surface area (Å²) < 4.78 is 71.4.